The normalized spacial score (nSPS) is 29.0. The minimum atomic E-state index is -0.410. The van der Waals surface area contributed by atoms with Gasteiger partial charge in [-0.1, -0.05) is 6.92 Å². The van der Waals surface area contributed by atoms with Crippen LogP contribution in [-0.4, -0.2) is 92.1 Å². The molecule has 3 amide bonds. The van der Waals surface area contributed by atoms with Crippen LogP contribution in [0, 0.1) is 11.8 Å². The Morgan fingerprint density at radius 3 is 2.71 bits per heavy atom. The van der Waals surface area contributed by atoms with Crippen molar-refractivity contribution in [1.82, 2.24) is 35.2 Å². The molecule has 4 rings (SSSR count). The fourth-order valence-electron chi connectivity index (χ4n) is 5.15. The lowest BCUT2D eigenvalue weighted by Gasteiger charge is -2.48. The first-order chi connectivity index (χ1) is 16.1. The van der Waals surface area contributed by atoms with E-state index in [9.17, 15) is 19.2 Å². The molecule has 11 nitrogen and oxygen atoms in total. The summed E-state index contributed by atoms with van der Waals surface area (Å²) in [4.78, 5) is 58.4. The van der Waals surface area contributed by atoms with Crippen LogP contribution in [0.4, 0.5) is 0 Å². The molecule has 12 heteroatoms. The second-order valence-electron chi connectivity index (χ2n) is 9.40. The van der Waals surface area contributed by atoms with Crippen LogP contribution in [0.1, 0.15) is 27.2 Å². The fraction of sp³-hybridized carbons (Fsp3) is 0.636. The molecule has 0 aromatic carbocycles. The SMILES string of the molecule is CC(=O)C1=C(S[C@@H]2CN[C@H](C(=O)N(C)C)C2)[C@H](C)[C@@H]2[C@@H]([C@@H](C)NC(=O)Cn3cncn3)C(=O)N12. The van der Waals surface area contributed by atoms with Gasteiger partial charge in [0.25, 0.3) is 0 Å². The van der Waals surface area contributed by atoms with Crippen molar-refractivity contribution in [1.29, 1.82) is 0 Å². The molecule has 6 atom stereocenters. The number of thioether (sulfide) groups is 1. The summed E-state index contributed by atoms with van der Waals surface area (Å²) in [5.41, 5.74) is 0.465. The summed E-state index contributed by atoms with van der Waals surface area (Å²) in [7, 11) is 3.48. The van der Waals surface area contributed by atoms with Crippen LogP contribution in [0.2, 0.25) is 0 Å². The lowest BCUT2D eigenvalue weighted by molar-refractivity contribution is -0.156. The Labute approximate surface area is 202 Å². The number of Topliss-reactive ketones (excluding diaryl/α,β-unsaturated/α-hetero) is 1. The maximum absolute atomic E-state index is 13.1. The number of β-lactam (4-membered cyclic amide) rings is 1. The molecule has 1 aromatic rings. The van der Waals surface area contributed by atoms with Gasteiger partial charge in [0.15, 0.2) is 5.78 Å². The van der Waals surface area contributed by atoms with E-state index in [0.717, 1.165) is 4.91 Å². The van der Waals surface area contributed by atoms with Crippen molar-refractivity contribution in [2.45, 2.75) is 57.1 Å². The van der Waals surface area contributed by atoms with Gasteiger partial charge in [0.05, 0.1) is 23.7 Å². The predicted octanol–water partition coefficient (Wildman–Crippen LogP) is -0.388. The molecule has 0 radical (unpaired) electrons. The molecule has 3 aliphatic heterocycles. The van der Waals surface area contributed by atoms with Gasteiger partial charge in [0.1, 0.15) is 19.2 Å². The molecular formula is C22H31N7O4S. The second kappa shape index (κ2) is 9.49. The van der Waals surface area contributed by atoms with Gasteiger partial charge in [0.2, 0.25) is 17.7 Å². The monoisotopic (exact) mass is 489 g/mol. The van der Waals surface area contributed by atoms with E-state index in [1.54, 1.807) is 35.7 Å². The van der Waals surface area contributed by atoms with Gasteiger partial charge in [-0.15, -0.1) is 11.8 Å². The Kier molecular flexibility index (Phi) is 6.81. The van der Waals surface area contributed by atoms with Crippen molar-refractivity contribution in [3.63, 3.8) is 0 Å². The van der Waals surface area contributed by atoms with Gasteiger partial charge < -0.3 is 20.4 Å². The summed E-state index contributed by atoms with van der Waals surface area (Å²) in [6.07, 6.45) is 3.48. The summed E-state index contributed by atoms with van der Waals surface area (Å²) in [6, 6.07) is -0.804. The van der Waals surface area contributed by atoms with E-state index in [2.05, 4.69) is 20.7 Å². The van der Waals surface area contributed by atoms with Crippen molar-refractivity contribution in [3.05, 3.63) is 23.3 Å². The van der Waals surface area contributed by atoms with Gasteiger partial charge in [0, 0.05) is 49.7 Å². The van der Waals surface area contributed by atoms with Crippen molar-refractivity contribution < 1.29 is 19.2 Å². The number of likely N-dealkylation sites (N-methyl/N-ethyl adjacent to an activating group) is 1. The van der Waals surface area contributed by atoms with E-state index in [1.807, 2.05) is 13.8 Å². The molecule has 2 saturated heterocycles. The van der Waals surface area contributed by atoms with Crippen LogP contribution < -0.4 is 10.6 Å². The number of rotatable bonds is 8. The lowest BCUT2D eigenvalue weighted by atomic mass is 9.78. The molecule has 1 aromatic heterocycles. The molecular weight excluding hydrogens is 458 g/mol. The third kappa shape index (κ3) is 4.36. The fourth-order valence-corrected chi connectivity index (χ4v) is 6.69. The maximum atomic E-state index is 13.1. The lowest BCUT2D eigenvalue weighted by Crippen LogP contribution is -2.66. The van der Waals surface area contributed by atoms with Gasteiger partial charge in [-0.3, -0.25) is 19.2 Å². The molecule has 0 saturated carbocycles. The van der Waals surface area contributed by atoms with Gasteiger partial charge in [-0.25, -0.2) is 9.67 Å². The zero-order valence-corrected chi connectivity index (χ0v) is 20.8. The summed E-state index contributed by atoms with van der Waals surface area (Å²) < 4.78 is 1.42. The van der Waals surface area contributed by atoms with Crippen LogP contribution in [0.3, 0.4) is 0 Å². The van der Waals surface area contributed by atoms with E-state index >= 15 is 0 Å². The first-order valence-electron chi connectivity index (χ1n) is 11.4. The highest BCUT2D eigenvalue weighted by molar-refractivity contribution is 8.03. The maximum Gasteiger partial charge on any atom is 0.242 e. The van der Waals surface area contributed by atoms with Gasteiger partial charge >= 0.3 is 0 Å². The summed E-state index contributed by atoms with van der Waals surface area (Å²) in [6.45, 7) is 6.02. The van der Waals surface area contributed by atoms with Crippen molar-refractivity contribution >= 4 is 35.3 Å². The molecule has 184 valence electrons. The van der Waals surface area contributed by atoms with E-state index in [4.69, 9.17) is 0 Å². The van der Waals surface area contributed by atoms with Crippen LogP contribution in [0.25, 0.3) is 0 Å². The molecule has 3 aliphatic rings. The number of ketones is 1. The summed E-state index contributed by atoms with van der Waals surface area (Å²) >= 11 is 1.60. The molecule has 0 unspecified atom stereocenters. The van der Waals surface area contributed by atoms with Crippen LogP contribution in [-0.2, 0) is 25.7 Å². The first-order valence-corrected chi connectivity index (χ1v) is 12.3. The average Bonchev–Trinajstić information content (AvgIpc) is 3.48. The number of carbonyl (C=O) groups excluding carboxylic acids is 4. The van der Waals surface area contributed by atoms with E-state index in [-0.39, 0.29) is 59.3 Å². The Bertz CT molecular complexity index is 1020. The third-order valence-electron chi connectivity index (χ3n) is 6.74. The zero-order valence-electron chi connectivity index (χ0n) is 20.0. The minimum Gasteiger partial charge on any atom is -0.351 e. The number of aromatic nitrogens is 3. The minimum absolute atomic E-state index is 0.0226. The molecule has 34 heavy (non-hydrogen) atoms. The molecule has 2 N–H and O–H groups in total. The summed E-state index contributed by atoms with van der Waals surface area (Å²) in [5.74, 6) is -0.942. The van der Waals surface area contributed by atoms with Crippen LogP contribution in [0.5, 0.6) is 0 Å². The highest BCUT2D eigenvalue weighted by Gasteiger charge is 2.59. The molecule has 4 heterocycles. The number of fused-ring (bicyclic) bond motifs is 1. The van der Waals surface area contributed by atoms with Crippen LogP contribution in [0.15, 0.2) is 23.3 Å². The van der Waals surface area contributed by atoms with E-state index in [1.165, 1.54) is 24.3 Å². The zero-order chi connectivity index (χ0) is 24.7. The molecule has 0 aliphatic carbocycles. The van der Waals surface area contributed by atoms with Crippen molar-refractivity contribution in [2.75, 3.05) is 20.6 Å². The molecule has 2 fully saturated rings. The number of amides is 3. The topological polar surface area (TPSA) is 130 Å². The number of nitrogens with one attached hydrogen (secondary N) is 2. The highest BCUT2D eigenvalue weighted by Crippen LogP contribution is 2.52. The van der Waals surface area contributed by atoms with E-state index < -0.39 is 5.92 Å². The Hall–Kier alpha value is -2.73. The van der Waals surface area contributed by atoms with E-state index in [0.29, 0.717) is 18.7 Å². The number of hydrogen-bond donors (Lipinski definition) is 2. The number of allylic oxidation sites excluding steroid dienone is 1. The van der Waals surface area contributed by atoms with Crippen molar-refractivity contribution in [3.8, 4) is 0 Å². The number of hydrogen-bond acceptors (Lipinski definition) is 8. The largest absolute Gasteiger partial charge is 0.351 e. The van der Waals surface area contributed by atoms with Gasteiger partial charge in [-0.05, 0) is 13.3 Å². The highest BCUT2D eigenvalue weighted by atomic mass is 32.2. The smallest absolute Gasteiger partial charge is 0.242 e. The Morgan fingerprint density at radius 2 is 2.09 bits per heavy atom. The standard InChI is InChI=1S/C22H31N7O4S/c1-11-18-17(12(2)26-16(31)8-28-10-23-9-25-28)22(33)29(18)19(13(3)30)20(11)34-14-6-15(24-7-14)21(32)27(4)5/h9-12,14-15,17-18,24H,6-8H2,1-5H3,(H,26,31)/t11-,12-,14+,15+,17-,18-/m1/s1. The van der Waals surface area contributed by atoms with Crippen molar-refractivity contribution in [2.24, 2.45) is 11.8 Å². The second-order valence-corrected chi connectivity index (χ2v) is 10.7. The number of nitrogens with zero attached hydrogens (tertiary/aromatic N) is 5. The molecule has 0 bridgehead atoms. The third-order valence-corrected chi connectivity index (χ3v) is 8.26. The summed E-state index contributed by atoms with van der Waals surface area (Å²) in [5, 5.41) is 10.2. The average molecular weight is 490 g/mol. The Balaban J connectivity index is 1.44. The Morgan fingerprint density at radius 1 is 1.35 bits per heavy atom. The molecule has 0 spiro atoms. The quantitative estimate of drug-likeness (QED) is 0.473. The van der Waals surface area contributed by atoms with Gasteiger partial charge in [-0.2, -0.15) is 5.10 Å². The number of carbonyl (C=O) groups is 4. The predicted molar refractivity (Wildman–Crippen MR) is 125 cm³/mol. The van der Waals surface area contributed by atoms with Crippen LogP contribution >= 0.6 is 11.8 Å². The first kappa shape index (κ1) is 24.4.